The molecule has 0 radical (unpaired) electrons. The van der Waals surface area contributed by atoms with Crippen molar-refractivity contribution in [1.29, 1.82) is 0 Å². The zero-order chi connectivity index (χ0) is 11.6. The van der Waals surface area contributed by atoms with Gasteiger partial charge in [-0.2, -0.15) is 0 Å². The van der Waals surface area contributed by atoms with Crippen molar-refractivity contribution >= 4 is 17.3 Å². The van der Waals surface area contributed by atoms with Crippen LogP contribution in [0.25, 0.3) is 0 Å². The van der Waals surface area contributed by atoms with E-state index in [4.69, 9.17) is 17.3 Å². The molecular formula is C11H16ClFN2. The number of nitrogens with one attached hydrogen (secondary N) is 1. The van der Waals surface area contributed by atoms with Gasteiger partial charge in [0.1, 0.15) is 5.82 Å². The topological polar surface area (TPSA) is 38.0 Å². The number of rotatable bonds is 3. The molecule has 2 nitrogen and oxygen atoms in total. The Labute approximate surface area is 94.6 Å². The van der Waals surface area contributed by atoms with Gasteiger partial charge in [0.2, 0.25) is 0 Å². The minimum atomic E-state index is -0.356. The molecule has 1 aromatic carbocycles. The highest BCUT2D eigenvalue weighted by molar-refractivity contribution is 6.33. The number of benzene rings is 1. The largest absolute Gasteiger partial charge is 0.382 e. The molecule has 0 aromatic heterocycles. The van der Waals surface area contributed by atoms with Crippen molar-refractivity contribution < 1.29 is 4.39 Å². The highest BCUT2D eigenvalue weighted by atomic mass is 35.5. The summed E-state index contributed by atoms with van der Waals surface area (Å²) in [6.07, 6.45) is 0. The summed E-state index contributed by atoms with van der Waals surface area (Å²) in [6, 6.07) is 2.99. The van der Waals surface area contributed by atoms with Gasteiger partial charge in [-0.1, -0.05) is 11.6 Å². The molecule has 0 aliphatic rings. The second kappa shape index (κ2) is 4.37. The molecule has 0 amide bonds. The van der Waals surface area contributed by atoms with Crippen molar-refractivity contribution in [1.82, 2.24) is 0 Å². The zero-order valence-corrected chi connectivity index (χ0v) is 9.95. The molecule has 1 aromatic rings. The summed E-state index contributed by atoms with van der Waals surface area (Å²) < 4.78 is 13.2. The fourth-order valence-corrected chi connectivity index (χ4v) is 1.39. The Morgan fingerprint density at radius 2 is 2.07 bits per heavy atom. The summed E-state index contributed by atoms with van der Waals surface area (Å²) in [7, 11) is 0. The number of hydrogen-bond acceptors (Lipinski definition) is 2. The molecule has 3 N–H and O–H groups in total. The first-order valence-corrected chi connectivity index (χ1v) is 5.16. The fourth-order valence-electron chi connectivity index (χ4n) is 1.10. The highest BCUT2D eigenvalue weighted by Crippen LogP contribution is 2.25. The van der Waals surface area contributed by atoms with E-state index in [0.29, 0.717) is 22.8 Å². The Kier molecular flexibility index (Phi) is 3.58. The first-order chi connectivity index (χ1) is 6.79. The third kappa shape index (κ3) is 3.68. The second-order valence-electron chi connectivity index (χ2n) is 4.42. The van der Waals surface area contributed by atoms with Crippen LogP contribution in [-0.2, 0) is 0 Å². The molecule has 0 aliphatic carbocycles. The molecule has 1 rings (SSSR count). The first kappa shape index (κ1) is 12.3. The standard InChI is InChI=1S/C11H16ClFN2/c1-7-4-8(12)10(5-9(7)13)15-6-11(2,3)14/h4-5,15H,6,14H2,1-3H3. The van der Waals surface area contributed by atoms with Gasteiger partial charge in [-0.05, 0) is 38.5 Å². The van der Waals surface area contributed by atoms with Crippen LogP contribution < -0.4 is 11.1 Å². The zero-order valence-electron chi connectivity index (χ0n) is 9.20. The van der Waals surface area contributed by atoms with Crippen LogP contribution in [0, 0.1) is 12.7 Å². The first-order valence-electron chi connectivity index (χ1n) is 4.78. The molecule has 0 bridgehead atoms. The Bertz CT molecular complexity index is 358. The van der Waals surface area contributed by atoms with E-state index < -0.39 is 0 Å². The Hall–Kier alpha value is -0.800. The van der Waals surface area contributed by atoms with Crippen molar-refractivity contribution in [2.24, 2.45) is 5.73 Å². The average molecular weight is 231 g/mol. The van der Waals surface area contributed by atoms with E-state index in [9.17, 15) is 4.39 Å². The maximum absolute atomic E-state index is 13.2. The average Bonchev–Trinajstić information content (AvgIpc) is 2.07. The molecule has 0 saturated carbocycles. The van der Waals surface area contributed by atoms with Crippen molar-refractivity contribution in [2.75, 3.05) is 11.9 Å². The van der Waals surface area contributed by atoms with Gasteiger partial charge < -0.3 is 11.1 Å². The van der Waals surface area contributed by atoms with Crippen LogP contribution in [0.2, 0.25) is 5.02 Å². The molecule has 0 fully saturated rings. The normalized spacial score (nSPS) is 11.6. The van der Waals surface area contributed by atoms with E-state index in [1.807, 2.05) is 13.8 Å². The van der Waals surface area contributed by atoms with Gasteiger partial charge >= 0.3 is 0 Å². The van der Waals surface area contributed by atoms with Gasteiger partial charge in [0.05, 0.1) is 10.7 Å². The summed E-state index contributed by atoms with van der Waals surface area (Å²) in [4.78, 5) is 0. The second-order valence-corrected chi connectivity index (χ2v) is 4.83. The summed E-state index contributed by atoms with van der Waals surface area (Å²) in [5.74, 6) is -0.267. The molecule has 0 saturated heterocycles. The lowest BCUT2D eigenvalue weighted by atomic mass is 10.1. The maximum Gasteiger partial charge on any atom is 0.128 e. The van der Waals surface area contributed by atoms with Crippen LogP contribution >= 0.6 is 11.6 Å². The van der Waals surface area contributed by atoms with Crippen molar-refractivity contribution in [3.05, 3.63) is 28.5 Å². The molecule has 15 heavy (non-hydrogen) atoms. The molecule has 0 atom stereocenters. The monoisotopic (exact) mass is 230 g/mol. The third-order valence-corrected chi connectivity index (χ3v) is 2.30. The van der Waals surface area contributed by atoms with Crippen molar-refractivity contribution in [2.45, 2.75) is 26.3 Å². The summed E-state index contributed by atoms with van der Waals surface area (Å²) in [5.41, 5.74) is 6.57. The van der Waals surface area contributed by atoms with Gasteiger partial charge in [0.15, 0.2) is 0 Å². The minimum Gasteiger partial charge on any atom is -0.382 e. The SMILES string of the molecule is Cc1cc(Cl)c(NCC(C)(C)N)cc1F. The molecule has 4 heteroatoms. The number of aryl methyl sites for hydroxylation is 1. The molecule has 0 heterocycles. The van der Waals surface area contributed by atoms with Gasteiger partial charge in [-0.15, -0.1) is 0 Å². The quantitative estimate of drug-likeness (QED) is 0.838. The summed E-state index contributed by atoms with van der Waals surface area (Å²) in [5, 5.41) is 3.54. The van der Waals surface area contributed by atoms with Crippen molar-refractivity contribution in [3.8, 4) is 0 Å². The van der Waals surface area contributed by atoms with E-state index in [1.54, 1.807) is 13.0 Å². The number of hydrogen-bond donors (Lipinski definition) is 2. The molecule has 0 aliphatic heterocycles. The van der Waals surface area contributed by atoms with Crippen LogP contribution in [0.1, 0.15) is 19.4 Å². The van der Waals surface area contributed by atoms with Crippen LogP contribution in [0.3, 0.4) is 0 Å². The van der Waals surface area contributed by atoms with E-state index in [0.717, 1.165) is 0 Å². The van der Waals surface area contributed by atoms with Gasteiger partial charge in [0.25, 0.3) is 0 Å². The van der Waals surface area contributed by atoms with E-state index in [1.165, 1.54) is 6.07 Å². The number of halogens is 2. The maximum atomic E-state index is 13.2. The molecule has 0 spiro atoms. The Balaban J connectivity index is 2.82. The predicted molar refractivity (Wildman–Crippen MR) is 62.9 cm³/mol. The van der Waals surface area contributed by atoms with E-state index in [2.05, 4.69) is 5.32 Å². The van der Waals surface area contributed by atoms with Gasteiger partial charge in [0, 0.05) is 12.1 Å². The van der Waals surface area contributed by atoms with Gasteiger partial charge in [-0.25, -0.2) is 4.39 Å². The van der Waals surface area contributed by atoms with Crippen LogP contribution in [0.15, 0.2) is 12.1 Å². The number of anilines is 1. The van der Waals surface area contributed by atoms with E-state index >= 15 is 0 Å². The van der Waals surface area contributed by atoms with E-state index in [-0.39, 0.29) is 11.4 Å². The van der Waals surface area contributed by atoms with Crippen molar-refractivity contribution in [3.63, 3.8) is 0 Å². The van der Waals surface area contributed by atoms with Crippen LogP contribution in [0.4, 0.5) is 10.1 Å². The molecule has 0 unspecified atom stereocenters. The Morgan fingerprint density at radius 1 is 1.47 bits per heavy atom. The minimum absolute atomic E-state index is 0.267. The van der Waals surface area contributed by atoms with Gasteiger partial charge in [-0.3, -0.25) is 0 Å². The highest BCUT2D eigenvalue weighted by Gasteiger charge is 2.12. The fraction of sp³-hybridized carbons (Fsp3) is 0.455. The Morgan fingerprint density at radius 3 is 2.60 bits per heavy atom. The lowest BCUT2D eigenvalue weighted by Gasteiger charge is -2.20. The lowest BCUT2D eigenvalue weighted by molar-refractivity contribution is 0.549. The van der Waals surface area contributed by atoms with Crippen LogP contribution in [0.5, 0.6) is 0 Å². The summed E-state index contributed by atoms with van der Waals surface area (Å²) >= 11 is 5.96. The lowest BCUT2D eigenvalue weighted by Crippen LogP contribution is -2.39. The van der Waals surface area contributed by atoms with Crippen LogP contribution in [-0.4, -0.2) is 12.1 Å². The number of nitrogens with two attached hydrogens (primary N) is 1. The molecule has 84 valence electrons. The molecular weight excluding hydrogens is 215 g/mol. The third-order valence-electron chi connectivity index (χ3n) is 1.98. The predicted octanol–water partition coefficient (Wildman–Crippen LogP) is 2.94. The smallest absolute Gasteiger partial charge is 0.128 e. The summed E-state index contributed by atoms with van der Waals surface area (Å²) in [6.45, 7) is 5.99.